The minimum atomic E-state index is 0.150. The Kier molecular flexibility index (Phi) is 3.34. The van der Waals surface area contributed by atoms with Gasteiger partial charge in [-0.3, -0.25) is 0 Å². The van der Waals surface area contributed by atoms with Crippen LogP contribution in [0.2, 0.25) is 0 Å². The molecule has 0 aliphatic carbocycles. The molecule has 0 saturated heterocycles. The van der Waals surface area contributed by atoms with Crippen LogP contribution in [0.3, 0.4) is 0 Å². The van der Waals surface area contributed by atoms with Gasteiger partial charge in [0.1, 0.15) is 0 Å². The Hall–Kier alpha value is -0.0800. The Morgan fingerprint density at radius 1 is 1.36 bits per heavy atom. The Bertz CT molecular complexity index is 231. The van der Waals surface area contributed by atoms with Gasteiger partial charge in [0, 0.05) is 4.58 Å². The molecule has 0 spiro atoms. The van der Waals surface area contributed by atoms with Crippen molar-refractivity contribution >= 4 is 25.3 Å². The van der Waals surface area contributed by atoms with Gasteiger partial charge in [-0.05, 0) is 18.9 Å². The van der Waals surface area contributed by atoms with E-state index in [-0.39, 0.29) is 4.58 Å². The molecule has 0 aliphatic rings. The lowest BCUT2D eigenvalue weighted by Gasteiger charge is -2.03. The van der Waals surface area contributed by atoms with E-state index in [0.717, 1.165) is 6.42 Å². The van der Waals surface area contributed by atoms with Crippen molar-refractivity contribution < 1.29 is 0 Å². The molecule has 1 aromatic rings. The molecule has 0 N–H and O–H groups in total. The van der Waals surface area contributed by atoms with Crippen LogP contribution < -0.4 is 0 Å². The van der Waals surface area contributed by atoms with Gasteiger partial charge in [0.2, 0.25) is 0 Å². The van der Waals surface area contributed by atoms with E-state index in [1.807, 2.05) is 0 Å². The molecule has 0 radical (unpaired) electrons. The fraction of sp³-hybridized carbons (Fsp3) is 0.333. The number of hydrogen-bond acceptors (Lipinski definition) is 2. The van der Waals surface area contributed by atoms with Gasteiger partial charge in [0.05, 0.1) is 0 Å². The molecule has 1 rings (SSSR count). The van der Waals surface area contributed by atoms with Crippen molar-refractivity contribution in [2.75, 3.05) is 0 Å². The van der Waals surface area contributed by atoms with Crippen LogP contribution in [0.15, 0.2) is 24.3 Å². The van der Waals surface area contributed by atoms with Gasteiger partial charge in [-0.15, -0.1) is 0 Å². The molecule has 0 bridgehead atoms. The van der Waals surface area contributed by atoms with Crippen LogP contribution in [0.25, 0.3) is 0 Å². The first-order valence-electron chi connectivity index (χ1n) is 3.60. The van der Waals surface area contributed by atoms with Crippen molar-refractivity contribution in [1.29, 1.82) is 0 Å². The van der Waals surface area contributed by atoms with Crippen LogP contribution >= 0.6 is 25.3 Å². The van der Waals surface area contributed by atoms with Gasteiger partial charge >= 0.3 is 0 Å². The highest BCUT2D eigenvalue weighted by Crippen LogP contribution is 2.11. The first kappa shape index (κ1) is 9.01. The highest BCUT2D eigenvalue weighted by atomic mass is 32.2. The standard InChI is InChI=1S/C9H12S2/c1-7-3-2-4-8(5-7)6-9(10)11/h2-5,9-11H,6H2,1H3. The van der Waals surface area contributed by atoms with Crippen LogP contribution in [0, 0.1) is 6.92 Å². The van der Waals surface area contributed by atoms with Gasteiger partial charge in [-0.1, -0.05) is 29.8 Å². The zero-order valence-electron chi connectivity index (χ0n) is 6.49. The maximum atomic E-state index is 4.21. The van der Waals surface area contributed by atoms with Gasteiger partial charge < -0.3 is 0 Å². The molecule has 0 nitrogen and oxygen atoms in total. The Balaban J connectivity index is 2.71. The number of thiol groups is 2. The van der Waals surface area contributed by atoms with Gasteiger partial charge in [-0.2, -0.15) is 25.3 Å². The second-order valence-electron chi connectivity index (χ2n) is 2.67. The van der Waals surface area contributed by atoms with E-state index in [1.54, 1.807) is 0 Å². The lowest BCUT2D eigenvalue weighted by atomic mass is 10.1. The summed E-state index contributed by atoms with van der Waals surface area (Å²) < 4.78 is 0.150. The number of hydrogen-bond donors (Lipinski definition) is 2. The average Bonchev–Trinajstić information content (AvgIpc) is 1.85. The first-order chi connectivity index (χ1) is 5.18. The van der Waals surface area contributed by atoms with Crippen LogP contribution in [0.1, 0.15) is 11.1 Å². The van der Waals surface area contributed by atoms with E-state index in [2.05, 4.69) is 56.4 Å². The maximum absolute atomic E-state index is 4.21. The predicted octanol–water partition coefficient (Wildman–Crippen LogP) is 2.72. The van der Waals surface area contributed by atoms with Gasteiger partial charge in [-0.25, -0.2) is 0 Å². The van der Waals surface area contributed by atoms with Crippen LogP contribution in [-0.4, -0.2) is 4.58 Å². The highest BCUT2D eigenvalue weighted by molar-refractivity contribution is 7.99. The van der Waals surface area contributed by atoms with E-state index in [0.29, 0.717) is 0 Å². The molecule has 11 heavy (non-hydrogen) atoms. The second-order valence-corrected chi connectivity index (χ2v) is 4.33. The van der Waals surface area contributed by atoms with Crippen LogP contribution in [0.5, 0.6) is 0 Å². The molecule has 0 aromatic heterocycles. The minimum absolute atomic E-state index is 0.150. The molecule has 60 valence electrons. The summed E-state index contributed by atoms with van der Waals surface area (Å²) in [5.74, 6) is 0. The molecule has 0 saturated carbocycles. The molecule has 2 heteroatoms. The molecule has 0 unspecified atom stereocenters. The summed E-state index contributed by atoms with van der Waals surface area (Å²) in [6, 6.07) is 8.43. The normalized spacial score (nSPS) is 10.5. The van der Waals surface area contributed by atoms with E-state index >= 15 is 0 Å². The summed E-state index contributed by atoms with van der Waals surface area (Å²) in [4.78, 5) is 0. The van der Waals surface area contributed by atoms with Crippen molar-refractivity contribution in [1.82, 2.24) is 0 Å². The van der Waals surface area contributed by atoms with Gasteiger partial charge in [0.15, 0.2) is 0 Å². The fourth-order valence-electron chi connectivity index (χ4n) is 1.05. The summed E-state index contributed by atoms with van der Waals surface area (Å²) in [6.45, 7) is 2.09. The lowest BCUT2D eigenvalue weighted by molar-refractivity contribution is 1.11. The summed E-state index contributed by atoms with van der Waals surface area (Å²) in [5, 5.41) is 0. The van der Waals surface area contributed by atoms with E-state index in [9.17, 15) is 0 Å². The molecule has 1 aromatic carbocycles. The zero-order valence-corrected chi connectivity index (χ0v) is 8.28. The number of aryl methyl sites for hydroxylation is 1. The van der Waals surface area contributed by atoms with Crippen molar-refractivity contribution in [2.24, 2.45) is 0 Å². The minimum Gasteiger partial charge on any atom is -0.165 e. The summed E-state index contributed by atoms with van der Waals surface area (Å²) in [7, 11) is 0. The Morgan fingerprint density at radius 2 is 2.09 bits per heavy atom. The van der Waals surface area contributed by atoms with Crippen molar-refractivity contribution in [2.45, 2.75) is 17.9 Å². The summed E-state index contributed by atoms with van der Waals surface area (Å²) >= 11 is 8.42. The molecular formula is C9H12S2. The zero-order chi connectivity index (χ0) is 8.27. The average molecular weight is 184 g/mol. The SMILES string of the molecule is Cc1cccc(CC(S)S)c1. The molecule has 0 aliphatic heterocycles. The third-order valence-electron chi connectivity index (χ3n) is 1.50. The second kappa shape index (κ2) is 4.07. The van der Waals surface area contributed by atoms with E-state index in [1.165, 1.54) is 11.1 Å². The fourth-order valence-corrected chi connectivity index (χ4v) is 1.47. The van der Waals surface area contributed by atoms with E-state index < -0.39 is 0 Å². The Labute approximate surface area is 78.8 Å². The quantitative estimate of drug-likeness (QED) is 0.512. The van der Waals surface area contributed by atoms with E-state index in [4.69, 9.17) is 0 Å². The van der Waals surface area contributed by atoms with Gasteiger partial charge in [0.25, 0.3) is 0 Å². The third kappa shape index (κ3) is 3.21. The molecule has 0 fully saturated rings. The maximum Gasteiger partial charge on any atom is 0.0482 e. The van der Waals surface area contributed by atoms with Crippen molar-refractivity contribution in [3.05, 3.63) is 35.4 Å². The summed E-state index contributed by atoms with van der Waals surface area (Å²) in [5.41, 5.74) is 2.60. The smallest absolute Gasteiger partial charge is 0.0482 e. The predicted molar refractivity (Wildman–Crippen MR) is 56.6 cm³/mol. The summed E-state index contributed by atoms with van der Waals surface area (Å²) in [6.07, 6.45) is 0.925. The third-order valence-corrected chi connectivity index (χ3v) is 1.87. The molecule has 0 amide bonds. The number of benzene rings is 1. The number of rotatable bonds is 2. The first-order valence-corrected chi connectivity index (χ1v) is 4.63. The molecule has 0 atom stereocenters. The highest BCUT2D eigenvalue weighted by Gasteiger charge is 1.97. The van der Waals surface area contributed by atoms with Crippen molar-refractivity contribution in [3.8, 4) is 0 Å². The monoisotopic (exact) mass is 184 g/mol. The topological polar surface area (TPSA) is 0 Å². The van der Waals surface area contributed by atoms with Crippen LogP contribution in [0.4, 0.5) is 0 Å². The largest absolute Gasteiger partial charge is 0.165 e. The Morgan fingerprint density at radius 3 is 2.64 bits per heavy atom. The molecule has 0 heterocycles. The van der Waals surface area contributed by atoms with Crippen molar-refractivity contribution in [3.63, 3.8) is 0 Å². The van der Waals surface area contributed by atoms with Crippen LogP contribution in [-0.2, 0) is 6.42 Å². The lowest BCUT2D eigenvalue weighted by Crippen LogP contribution is -1.93. The molecular weight excluding hydrogens is 172 g/mol.